The highest BCUT2D eigenvalue weighted by molar-refractivity contribution is 8.00. The fourth-order valence-corrected chi connectivity index (χ4v) is 2.63. The molecule has 0 aliphatic rings. The van der Waals surface area contributed by atoms with E-state index in [0.717, 1.165) is 10.6 Å². The maximum Gasteiger partial charge on any atom is 0.193 e. The Morgan fingerprint density at radius 2 is 2.05 bits per heavy atom. The highest BCUT2D eigenvalue weighted by Gasteiger charge is 2.14. The smallest absolute Gasteiger partial charge is 0.193 e. The molecule has 3 aromatic rings. The molecule has 0 saturated heterocycles. The van der Waals surface area contributed by atoms with Crippen molar-refractivity contribution in [2.24, 2.45) is 0 Å². The lowest BCUT2D eigenvalue weighted by molar-refractivity contribution is 0.101. The number of aromatic nitrogens is 4. The molecule has 0 saturated carbocycles. The number of benzene rings is 1. The predicted octanol–water partition coefficient (Wildman–Crippen LogP) is 2.34. The minimum atomic E-state index is -0.0625. The Bertz CT molecular complexity index is 770. The summed E-state index contributed by atoms with van der Waals surface area (Å²) in [7, 11) is 1.62. The van der Waals surface area contributed by atoms with Gasteiger partial charge in [0.25, 0.3) is 0 Å². The lowest BCUT2D eigenvalue weighted by Gasteiger charge is -2.03. The van der Waals surface area contributed by atoms with Gasteiger partial charge in [-0.2, -0.15) is 0 Å². The number of ketones is 1. The minimum absolute atomic E-state index is 0.0625. The van der Waals surface area contributed by atoms with Gasteiger partial charge >= 0.3 is 0 Å². The summed E-state index contributed by atoms with van der Waals surface area (Å²) in [6.45, 7) is 0. The molecule has 0 unspecified atom stereocenters. The molecule has 1 N–H and O–H groups in total. The Kier molecular flexibility index (Phi) is 3.83. The minimum Gasteiger partial charge on any atom is -0.497 e. The number of Topliss-reactive ketones (excluding diaryl/α,β-unsaturated/α-hetero) is 1. The van der Waals surface area contributed by atoms with Crippen LogP contribution in [0.2, 0.25) is 0 Å². The number of hydrogen-bond donors (Lipinski definition) is 1. The van der Waals surface area contributed by atoms with Crippen molar-refractivity contribution in [1.82, 2.24) is 19.9 Å². The van der Waals surface area contributed by atoms with E-state index in [1.54, 1.807) is 7.11 Å². The number of aromatic amines is 1. The molecule has 7 heteroatoms. The number of ether oxygens (including phenoxy) is 1. The molecule has 6 nitrogen and oxygen atoms in total. The SMILES string of the molecule is COc1ccc(SCC(=O)c2ncnc3nc[nH]c23)cc1. The van der Waals surface area contributed by atoms with Gasteiger partial charge in [-0.05, 0) is 24.3 Å². The van der Waals surface area contributed by atoms with E-state index < -0.39 is 0 Å². The van der Waals surface area contributed by atoms with Crippen LogP contribution in [-0.4, -0.2) is 38.6 Å². The molecule has 2 heterocycles. The van der Waals surface area contributed by atoms with Crippen molar-refractivity contribution in [2.75, 3.05) is 12.9 Å². The van der Waals surface area contributed by atoms with Crippen LogP contribution in [0, 0.1) is 0 Å². The largest absolute Gasteiger partial charge is 0.497 e. The fourth-order valence-electron chi connectivity index (χ4n) is 1.87. The van der Waals surface area contributed by atoms with Crippen molar-refractivity contribution in [3.63, 3.8) is 0 Å². The van der Waals surface area contributed by atoms with Crippen molar-refractivity contribution in [2.45, 2.75) is 4.90 Å². The molecular formula is C14H12N4O2S. The first kappa shape index (κ1) is 13.6. The zero-order valence-corrected chi connectivity index (χ0v) is 12.1. The normalized spacial score (nSPS) is 10.7. The third-order valence-electron chi connectivity index (χ3n) is 2.92. The molecular weight excluding hydrogens is 288 g/mol. The molecule has 2 aromatic heterocycles. The summed E-state index contributed by atoms with van der Waals surface area (Å²) in [4.78, 5) is 28.2. The summed E-state index contributed by atoms with van der Waals surface area (Å²) in [6, 6.07) is 7.57. The van der Waals surface area contributed by atoms with Crippen molar-refractivity contribution >= 4 is 28.7 Å². The maximum atomic E-state index is 12.3. The summed E-state index contributed by atoms with van der Waals surface area (Å²) in [5.74, 6) is 1.03. The Morgan fingerprint density at radius 1 is 1.24 bits per heavy atom. The van der Waals surface area contributed by atoms with Crippen LogP contribution >= 0.6 is 11.8 Å². The maximum absolute atomic E-state index is 12.3. The highest BCUT2D eigenvalue weighted by atomic mass is 32.2. The van der Waals surface area contributed by atoms with E-state index >= 15 is 0 Å². The molecule has 0 fully saturated rings. The molecule has 0 radical (unpaired) electrons. The number of nitrogens with one attached hydrogen (secondary N) is 1. The number of methoxy groups -OCH3 is 1. The first-order valence-electron chi connectivity index (χ1n) is 6.22. The standard InChI is InChI=1S/C14H12N4O2S/c1-20-9-2-4-10(5-3-9)21-6-11(19)12-13-14(17-7-15-12)18-8-16-13/h2-5,7-8H,6H2,1H3,(H,15,16,17,18). The third kappa shape index (κ3) is 2.87. The number of H-pyrrole nitrogens is 1. The van der Waals surface area contributed by atoms with Gasteiger partial charge in [-0.1, -0.05) is 0 Å². The molecule has 21 heavy (non-hydrogen) atoms. The number of nitrogens with zero attached hydrogens (tertiary/aromatic N) is 3. The van der Waals surface area contributed by atoms with Gasteiger partial charge in [-0.3, -0.25) is 4.79 Å². The van der Waals surface area contributed by atoms with Crippen LogP contribution in [0.5, 0.6) is 5.75 Å². The monoisotopic (exact) mass is 300 g/mol. The Hall–Kier alpha value is -2.41. The first-order chi connectivity index (χ1) is 10.3. The summed E-state index contributed by atoms with van der Waals surface area (Å²) >= 11 is 1.45. The summed E-state index contributed by atoms with van der Waals surface area (Å²) in [5.41, 5.74) is 1.46. The van der Waals surface area contributed by atoms with Crippen LogP contribution in [0.1, 0.15) is 10.5 Å². The average Bonchev–Trinajstić information content (AvgIpc) is 3.01. The van der Waals surface area contributed by atoms with Gasteiger partial charge in [0.1, 0.15) is 23.3 Å². The van der Waals surface area contributed by atoms with Crippen molar-refractivity contribution in [1.29, 1.82) is 0 Å². The van der Waals surface area contributed by atoms with E-state index in [9.17, 15) is 4.79 Å². The number of fused-ring (bicyclic) bond motifs is 1. The third-order valence-corrected chi connectivity index (χ3v) is 3.93. The van der Waals surface area contributed by atoms with Gasteiger partial charge in [-0.15, -0.1) is 11.8 Å². The molecule has 1 aromatic carbocycles. The molecule has 0 bridgehead atoms. The van der Waals surface area contributed by atoms with E-state index in [1.807, 2.05) is 24.3 Å². The lowest BCUT2D eigenvalue weighted by atomic mass is 10.3. The highest BCUT2D eigenvalue weighted by Crippen LogP contribution is 2.22. The topological polar surface area (TPSA) is 80.8 Å². The first-order valence-corrected chi connectivity index (χ1v) is 7.20. The van der Waals surface area contributed by atoms with Gasteiger partial charge in [0.15, 0.2) is 11.4 Å². The lowest BCUT2D eigenvalue weighted by Crippen LogP contribution is -2.06. The Balaban J connectivity index is 1.72. The zero-order chi connectivity index (χ0) is 14.7. The number of carbonyl (C=O) groups is 1. The van der Waals surface area contributed by atoms with Crippen LogP contribution in [0.3, 0.4) is 0 Å². The van der Waals surface area contributed by atoms with Crippen molar-refractivity contribution in [3.05, 3.63) is 42.6 Å². The summed E-state index contributed by atoms with van der Waals surface area (Å²) < 4.78 is 5.10. The molecule has 0 atom stereocenters. The van der Waals surface area contributed by atoms with E-state index in [-0.39, 0.29) is 5.78 Å². The molecule has 106 valence electrons. The second-order valence-electron chi connectivity index (χ2n) is 4.21. The summed E-state index contributed by atoms with van der Waals surface area (Å²) in [6.07, 6.45) is 2.86. The van der Waals surface area contributed by atoms with Crippen LogP contribution in [0.25, 0.3) is 11.2 Å². The molecule has 0 aliphatic heterocycles. The van der Waals surface area contributed by atoms with Crippen LogP contribution in [0.15, 0.2) is 41.8 Å². The van der Waals surface area contributed by atoms with Crippen molar-refractivity contribution in [3.8, 4) is 5.75 Å². The summed E-state index contributed by atoms with van der Waals surface area (Å²) in [5, 5.41) is 0. The van der Waals surface area contributed by atoms with E-state index in [1.165, 1.54) is 24.4 Å². The quantitative estimate of drug-likeness (QED) is 0.575. The number of thioether (sulfide) groups is 1. The number of hydrogen-bond acceptors (Lipinski definition) is 6. The van der Waals surface area contributed by atoms with E-state index in [0.29, 0.717) is 22.6 Å². The second kappa shape index (κ2) is 5.92. The average molecular weight is 300 g/mol. The molecule has 3 rings (SSSR count). The molecule has 0 amide bonds. The van der Waals surface area contributed by atoms with Gasteiger partial charge in [0.05, 0.1) is 19.2 Å². The van der Waals surface area contributed by atoms with Crippen LogP contribution in [0.4, 0.5) is 0 Å². The predicted molar refractivity (Wildman–Crippen MR) is 79.7 cm³/mol. The van der Waals surface area contributed by atoms with Gasteiger partial charge in [0.2, 0.25) is 0 Å². The zero-order valence-electron chi connectivity index (χ0n) is 11.2. The van der Waals surface area contributed by atoms with Gasteiger partial charge in [0, 0.05) is 4.90 Å². The van der Waals surface area contributed by atoms with Crippen LogP contribution in [-0.2, 0) is 0 Å². The Morgan fingerprint density at radius 3 is 2.81 bits per heavy atom. The number of imidazole rings is 1. The molecule has 0 spiro atoms. The van der Waals surface area contributed by atoms with E-state index in [2.05, 4.69) is 19.9 Å². The fraction of sp³-hybridized carbons (Fsp3) is 0.143. The van der Waals surface area contributed by atoms with Gasteiger partial charge in [-0.25, -0.2) is 15.0 Å². The second-order valence-corrected chi connectivity index (χ2v) is 5.26. The number of rotatable bonds is 5. The van der Waals surface area contributed by atoms with Crippen LogP contribution < -0.4 is 4.74 Å². The number of carbonyl (C=O) groups excluding carboxylic acids is 1. The van der Waals surface area contributed by atoms with Crippen molar-refractivity contribution < 1.29 is 9.53 Å². The molecule has 0 aliphatic carbocycles. The van der Waals surface area contributed by atoms with Gasteiger partial charge < -0.3 is 9.72 Å². The Labute approximate surface area is 125 Å². The van der Waals surface area contributed by atoms with E-state index in [4.69, 9.17) is 4.74 Å².